The summed E-state index contributed by atoms with van der Waals surface area (Å²) in [5, 5.41) is 8.90. The molecule has 2 aromatic carbocycles. The molecule has 8 nitrogen and oxygen atoms in total. The van der Waals surface area contributed by atoms with Crippen LogP contribution in [0.2, 0.25) is 0 Å². The average Bonchev–Trinajstić information content (AvgIpc) is 3.17. The van der Waals surface area contributed by atoms with E-state index in [0.717, 1.165) is 16.5 Å². The van der Waals surface area contributed by atoms with Gasteiger partial charge in [0.05, 0.1) is 17.9 Å². The minimum Gasteiger partial charge on any atom is -0.383 e. The van der Waals surface area contributed by atoms with Crippen LogP contribution in [-0.2, 0) is 20.7 Å². The van der Waals surface area contributed by atoms with Crippen molar-refractivity contribution in [3.8, 4) is 0 Å². The Bertz CT molecular complexity index is 1040. The van der Waals surface area contributed by atoms with Gasteiger partial charge in [-0.1, -0.05) is 30.3 Å². The molecule has 0 aliphatic heterocycles. The van der Waals surface area contributed by atoms with Gasteiger partial charge in [0.2, 0.25) is 0 Å². The molecule has 0 saturated carbocycles. The van der Waals surface area contributed by atoms with Crippen molar-refractivity contribution in [2.75, 3.05) is 32.1 Å². The second kappa shape index (κ2) is 10.2. The number of para-hydroxylation sites is 2. The third kappa shape index (κ3) is 5.24. The number of hydrogen-bond acceptors (Lipinski definition) is 4. The Balaban J connectivity index is 1.54. The Labute approximate surface area is 174 Å². The Morgan fingerprint density at radius 2 is 1.70 bits per heavy atom. The number of nitrogens with one attached hydrogen (secondary N) is 4. The molecule has 0 fully saturated rings. The van der Waals surface area contributed by atoms with Crippen molar-refractivity contribution in [1.29, 1.82) is 0 Å². The van der Waals surface area contributed by atoms with E-state index in [1.54, 1.807) is 24.3 Å². The topological polar surface area (TPSA) is 112 Å². The summed E-state index contributed by atoms with van der Waals surface area (Å²) in [5.74, 6) is -1.95. The molecule has 0 spiro atoms. The van der Waals surface area contributed by atoms with Crippen LogP contribution in [0.5, 0.6) is 0 Å². The van der Waals surface area contributed by atoms with Crippen molar-refractivity contribution in [2.24, 2.45) is 0 Å². The first-order valence-electron chi connectivity index (χ1n) is 9.60. The third-order valence-corrected chi connectivity index (χ3v) is 4.57. The molecule has 156 valence electrons. The van der Waals surface area contributed by atoms with Crippen molar-refractivity contribution in [1.82, 2.24) is 15.6 Å². The fourth-order valence-corrected chi connectivity index (χ4v) is 3.06. The predicted octanol–water partition coefficient (Wildman–Crippen LogP) is 1.84. The third-order valence-electron chi connectivity index (χ3n) is 4.57. The number of methoxy groups -OCH3 is 1. The van der Waals surface area contributed by atoms with Gasteiger partial charge in [0, 0.05) is 37.3 Å². The number of amides is 3. The number of aromatic nitrogens is 1. The quantitative estimate of drug-likeness (QED) is 0.337. The highest BCUT2D eigenvalue weighted by atomic mass is 16.5. The number of fused-ring (bicyclic) bond motifs is 1. The van der Waals surface area contributed by atoms with Gasteiger partial charge in [-0.15, -0.1) is 0 Å². The standard InChI is InChI=1S/C22H24N4O4/c1-30-13-12-24-20(27)17-7-3-5-9-19(17)26-22(29)21(28)23-11-10-15-14-25-18-8-4-2-6-16(15)18/h2-9,14,25H,10-13H2,1H3,(H,23,28)(H,24,27)(H,26,29). The van der Waals surface area contributed by atoms with Crippen molar-refractivity contribution in [2.45, 2.75) is 6.42 Å². The highest BCUT2D eigenvalue weighted by Gasteiger charge is 2.17. The van der Waals surface area contributed by atoms with E-state index >= 15 is 0 Å². The molecule has 0 aliphatic carbocycles. The van der Waals surface area contributed by atoms with Crippen LogP contribution in [0.4, 0.5) is 5.69 Å². The molecule has 0 saturated heterocycles. The summed E-state index contributed by atoms with van der Waals surface area (Å²) in [6, 6.07) is 14.4. The number of hydrogen-bond donors (Lipinski definition) is 4. The molecular weight excluding hydrogens is 384 g/mol. The van der Waals surface area contributed by atoms with Gasteiger partial charge >= 0.3 is 11.8 Å². The Hall–Kier alpha value is -3.65. The van der Waals surface area contributed by atoms with Crippen LogP contribution in [-0.4, -0.2) is 49.5 Å². The van der Waals surface area contributed by atoms with E-state index in [1.165, 1.54) is 7.11 Å². The maximum absolute atomic E-state index is 12.3. The van der Waals surface area contributed by atoms with Crippen molar-refractivity contribution >= 4 is 34.3 Å². The molecule has 30 heavy (non-hydrogen) atoms. The summed E-state index contributed by atoms with van der Waals surface area (Å²) >= 11 is 0. The monoisotopic (exact) mass is 408 g/mol. The largest absolute Gasteiger partial charge is 0.383 e. The molecule has 3 amide bonds. The van der Waals surface area contributed by atoms with Gasteiger partial charge in [0.25, 0.3) is 5.91 Å². The van der Waals surface area contributed by atoms with E-state index in [-0.39, 0.29) is 17.2 Å². The minimum atomic E-state index is -0.828. The van der Waals surface area contributed by atoms with Crippen LogP contribution >= 0.6 is 0 Å². The van der Waals surface area contributed by atoms with Crippen LogP contribution in [0.25, 0.3) is 10.9 Å². The van der Waals surface area contributed by atoms with E-state index in [1.807, 2.05) is 30.5 Å². The Morgan fingerprint density at radius 1 is 0.933 bits per heavy atom. The van der Waals surface area contributed by atoms with Crippen LogP contribution < -0.4 is 16.0 Å². The van der Waals surface area contributed by atoms with Gasteiger partial charge in [-0.2, -0.15) is 0 Å². The molecule has 3 rings (SSSR count). The molecule has 4 N–H and O–H groups in total. The van der Waals surface area contributed by atoms with Gasteiger partial charge in [-0.05, 0) is 30.2 Å². The molecule has 0 aliphatic rings. The summed E-state index contributed by atoms with van der Waals surface area (Å²) in [4.78, 5) is 39.9. The van der Waals surface area contributed by atoms with E-state index in [4.69, 9.17) is 4.74 Å². The first kappa shape index (κ1) is 21.1. The average molecular weight is 408 g/mol. The second-order valence-corrected chi connectivity index (χ2v) is 6.61. The number of ether oxygens (including phenoxy) is 1. The summed E-state index contributed by atoms with van der Waals surface area (Å²) in [7, 11) is 1.54. The lowest BCUT2D eigenvalue weighted by Crippen LogP contribution is -2.37. The summed E-state index contributed by atoms with van der Waals surface area (Å²) < 4.78 is 4.90. The number of carbonyl (C=O) groups excluding carboxylic acids is 3. The van der Waals surface area contributed by atoms with E-state index < -0.39 is 11.8 Å². The van der Waals surface area contributed by atoms with Crippen molar-refractivity contribution in [3.05, 3.63) is 65.9 Å². The van der Waals surface area contributed by atoms with Crippen molar-refractivity contribution in [3.63, 3.8) is 0 Å². The fraction of sp³-hybridized carbons (Fsp3) is 0.227. The molecule has 0 radical (unpaired) electrons. The Kier molecular flexibility index (Phi) is 7.18. The molecule has 3 aromatic rings. The summed E-state index contributed by atoms with van der Waals surface area (Å²) in [6.45, 7) is 1.03. The number of aromatic amines is 1. The molecule has 0 atom stereocenters. The number of rotatable bonds is 8. The first-order chi connectivity index (χ1) is 14.6. The minimum absolute atomic E-state index is 0.268. The zero-order valence-electron chi connectivity index (χ0n) is 16.7. The number of H-pyrrole nitrogens is 1. The lowest BCUT2D eigenvalue weighted by molar-refractivity contribution is -0.136. The molecule has 1 aromatic heterocycles. The van der Waals surface area contributed by atoms with Gasteiger partial charge in [-0.3, -0.25) is 14.4 Å². The smallest absolute Gasteiger partial charge is 0.313 e. The molecule has 8 heteroatoms. The Morgan fingerprint density at radius 3 is 2.53 bits per heavy atom. The number of carbonyl (C=O) groups is 3. The van der Waals surface area contributed by atoms with Gasteiger partial charge < -0.3 is 25.7 Å². The summed E-state index contributed by atoms with van der Waals surface area (Å²) in [6.07, 6.45) is 2.48. The lowest BCUT2D eigenvalue weighted by Gasteiger charge is -2.11. The number of anilines is 1. The predicted molar refractivity (Wildman–Crippen MR) is 114 cm³/mol. The highest BCUT2D eigenvalue weighted by Crippen LogP contribution is 2.18. The fourth-order valence-electron chi connectivity index (χ4n) is 3.06. The van der Waals surface area contributed by atoms with E-state index in [2.05, 4.69) is 20.9 Å². The molecular formula is C22H24N4O4. The van der Waals surface area contributed by atoms with Gasteiger partial charge in [0.15, 0.2) is 0 Å². The summed E-state index contributed by atoms with van der Waals surface area (Å²) in [5.41, 5.74) is 2.62. The van der Waals surface area contributed by atoms with Gasteiger partial charge in [-0.25, -0.2) is 0 Å². The zero-order chi connectivity index (χ0) is 21.3. The SMILES string of the molecule is COCCNC(=O)c1ccccc1NC(=O)C(=O)NCCc1c[nH]c2ccccc12. The molecule has 1 heterocycles. The van der Waals surface area contributed by atoms with Crippen LogP contribution in [0.3, 0.4) is 0 Å². The van der Waals surface area contributed by atoms with Crippen LogP contribution in [0.15, 0.2) is 54.7 Å². The maximum Gasteiger partial charge on any atom is 0.313 e. The second-order valence-electron chi connectivity index (χ2n) is 6.61. The van der Waals surface area contributed by atoms with Crippen LogP contribution in [0, 0.1) is 0 Å². The number of benzene rings is 2. The van der Waals surface area contributed by atoms with Gasteiger partial charge in [0.1, 0.15) is 0 Å². The highest BCUT2D eigenvalue weighted by molar-refractivity contribution is 6.40. The van der Waals surface area contributed by atoms with Crippen molar-refractivity contribution < 1.29 is 19.1 Å². The first-order valence-corrected chi connectivity index (χ1v) is 9.60. The maximum atomic E-state index is 12.3. The molecule has 0 unspecified atom stereocenters. The van der Waals surface area contributed by atoms with E-state index in [0.29, 0.717) is 26.1 Å². The van der Waals surface area contributed by atoms with Crippen LogP contribution in [0.1, 0.15) is 15.9 Å². The lowest BCUT2D eigenvalue weighted by atomic mass is 10.1. The van der Waals surface area contributed by atoms with E-state index in [9.17, 15) is 14.4 Å². The zero-order valence-corrected chi connectivity index (χ0v) is 16.7. The molecule has 0 bridgehead atoms. The normalized spacial score (nSPS) is 10.6.